The predicted molar refractivity (Wildman–Crippen MR) is 76.7 cm³/mol. The molecule has 0 spiro atoms. The lowest BCUT2D eigenvalue weighted by atomic mass is 9.82. The number of amides is 1. The van der Waals surface area contributed by atoms with Gasteiger partial charge in [-0.25, -0.2) is 10.8 Å². The second kappa shape index (κ2) is 5.98. The molecule has 0 bridgehead atoms. The summed E-state index contributed by atoms with van der Waals surface area (Å²) in [4.78, 5) is 18.1. The van der Waals surface area contributed by atoms with Gasteiger partial charge in [-0.05, 0) is 31.2 Å². The van der Waals surface area contributed by atoms with E-state index in [1.165, 1.54) is 30.6 Å². The summed E-state index contributed by atoms with van der Waals surface area (Å²) < 4.78 is 0. The summed E-state index contributed by atoms with van der Waals surface area (Å²) in [6, 6.07) is 0. The van der Waals surface area contributed by atoms with Gasteiger partial charge in [0.05, 0.1) is 5.69 Å². The maximum atomic E-state index is 11.4. The highest BCUT2D eigenvalue weighted by molar-refractivity contribution is 7.11. The lowest BCUT2D eigenvalue weighted by Gasteiger charge is -2.26. The Labute approximate surface area is 118 Å². The number of likely N-dealkylation sites (tertiary alicyclic amines) is 1. The Balaban J connectivity index is 1.96. The van der Waals surface area contributed by atoms with Crippen LogP contribution >= 0.6 is 11.3 Å². The minimum absolute atomic E-state index is 0.311. The average Bonchev–Trinajstić information content (AvgIpc) is 3.06. The van der Waals surface area contributed by atoms with E-state index in [0.29, 0.717) is 10.4 Å². The van der Waals surface area contributed by atoms with Crippen LogP contribution in [0.1, 0.15) is 48.6 Å². The number of nitrogens with zero attached hydrogens (tertiary/aromatic N) is 2. The lowest BCUT2D eigenvalue weighted by molar-refractivity contribution is 0.0953. The molecular weight excluding hydrogens is 260 g/mol. The topological polar surface area (TPSA) is 71.2 Å². The molecule has 2 heterocycles. The van der Waals surface area contributed by atoms with Crippen molar-refractivity contribution in [2.75, 3.05) is 13.1 Å². The van der Waals surface area contributed by atoms with Crippen molar-refractivity contribution in [3.63, 3.8) is 0 Å². The molecule has 0 aromatic carbocycles. The molecule has 106 valence electrons. The molecule has 1 aromatic rings. The number of hydrazine groups is 1. The first-order chi connectivity index (χ1) is 9.12. The maximum absolute atomic E-state index is 11.4. The van der Waals surface area contributed by atoms with E-state index in [2.05, 4.69) is 29.2 Å². The molecule has 1 aromatic heterocycles. The Morgan fingerprint density at radius 2 is 2.32 bits per heavy atom. The van der Waals surface area contributed by atoms with E-state index in [4.69, 9.17) is 5.84 Å². The summed E-state index contributed by atoms with van der Waals surface area (Å²) >= 11 is 1.35. The molecule has 6 heteroatoms. The van der Waals surface area contributed by atoms with Gasteiger partial charge in [-0.2, -0.15) is 0 Å². The number of nitrogen functional groups attached to an aromatic ring is 1. The molecule has 0 aliphatic carbocycles. The van der Waals surface area contributed by atoms with Crippen molar-refractivity contribution in [3.05, 3.63) is 16.1 Å². The minimum Gasteiger partial charge on any atom is -0.297 e. The number of hydrogen-bond donors (Lipinski definition) is 2. The van der Waals surface area contributed by atoms with Gasteiger partial charge in [0.15, 0.2) is 5.01 Å². The van der Waals surface area contributed by atoms with E-state index in [9.17, 15) is 4.79 Å². The van der Waals surface area contributed by atoms with Gasteiger partial charge < -0.3 is 0 Å². The van der Waals surface area contributed by atoms with E-state index in [1.54, 1.807) is 0 Å². The van der Waals surface area contributed by atoms with Crippen LogP contribution in [0.4, 0.5) is 0 Å². The van der Waals surface area contributed by atoms with Crippen LogP contribution in [0.15, 0.2) is 5.38 Å². The molecule has 1 aliphatic heterocycles. The first-order valence-electron chi connectivity index (χ1n) is 6.80. The number of nitrogens with one attached hydrogen (secondary N) is 1. The van der Waals surface area contributed by atoms with Crippen LogP contribution in [0.3, 0.4) is 0 Å². The first kappa shape index (κ1) is 14.4. The molecule has 0 radical (unpaired) electrons. The van der Waals surface area contributed by atoms with E-state index in [1.807, 2.05) is 5.38 Å². The molecule has 0 atom stereocenters. The number of carbonyl (C=O) groups excluding carboxylic acids is 1. The molecule has 2 rings (SSSR count). The molecule has 5 nitrogen and oxygen atoms in total. The van der Waals surface area contributed by atoms with Gasteiger partial charge in [-0.1, -0.05) is 13.8 Å². The molecule has 3 N–H and O–H groups in total. The van der Waals surface area contributed by atoms with Gasteiger partial charge in [0.1, 0.15) is 0 Å². The molecule has 19 heavy (non-hydrogen) atoms. The number of aromatic nitrogens is 1. The van der Waals surface area contributed by atoms with Crippen LogP contribution in [0.25, 0.3) is 0 Å². The fourth-order valence-electron chi connectivity index (χ4n) is 2.76. The summed E-state index contributed by atoms with van der Waals surface area (Å²) in [6.45, 7) is 7.64. The Morgan fingerprint density at radius 3 is 2.89 bits per heavy atom. The Morgan fingerprint density at radius 1 is 1.58 bits per heavy atom. The number of nitrogens with two attached hydrogens (primary N) is 1. The van der Waals surface area contributed by atoms with E-state index >= 15 is 0 Å². The fraction of sp³-hybridized carbons (Fsp3) is 0.692. The van der Waals surface area contributed by atoms with E-state index < -0.39 is 0 Å². The smallest absolute Gasteiger partial charge is 0.294 e. The highest BCUT2D eigenvalue weighted by Gasteiger charge is 2.34. The summed E-state index contributed by atoms with van der Waals surface area (Å²) in [5.74, 6) is 4.79. The summed E-state index contributed by atoms with van der Waals surface area (Å²) in [6.07, 6.45) is 3.73. The molecule has 1 amide bonds. The Hall–Kier alpha value is -0.980. The van der Waals surface area contributed by atoms with Gasteiger partial charge in [-0.15, -0.1) is 11.3 Å². The van der Waals surface area contributed by atoms with E-state index in [-0.39, 0.29) is 5.91 Å². The van der Waals surface area contributed by atoms with Crippen molar-refractivity contribution in [2.45, 2.75) is 39.7 Å². The van der Waals surface area contributed by atoms with Gasteiger partial charge >= 0.3 is 0 Å². The second-order valence-corrected chi connectivity index (χ2v) is 6.14. The van der Waals surface area contributed by atoms with Gasteiger partial charge in [0, 0.05) is 18.5 Å². The normalized spacial score (nSPS) is 18.7. The average molecular weight is 282 g/mol. The highest BCUT2D eigenvalue weighted by atomic mass is 32.1. The molecule has 0 unspecified atom stereocenters. The number of thiazole rings is 1. The first-order valence-corrected chi connectivity index (χ1v) is 7.68. The fourth-order valence-corrected chi connectivity index (χ4v) is 3.48. The number of hydrogen-bond acceptors (Lipinski definition) is 5. The third-order valence-corrected chi connectivity index (χ3v) is 5.17. The van der Waals surface area contributed by atoms with Crippen LogP contribution in [0.5, 0.6) is 0 Å². The van der Waals surface area contributed by atoms with Gasteiger partial charge in [0.2, 0.25) is 0 Å². The third kappa shape index (κ3) is 3.13. The number of carbonyl (C=O) groups is 1. The van der Waals surface area contributed by atoms with E-state index in [0.717, 1.165) is 25.3 Å². The van der Waals surface area contributed by atoms with Crippen molar-refractivity contribution in [1.29, 1.82) is 0 Å². The highest BCUT2D eigenvalue weighted by Crippen LogP contribution is 2.37. The van der Waals surface area contributed by atoms with Crippen molar-refractivity contribution < 1.29 is 4.79 Å². The van der Waals surface area contributed by atoms with Gasteiger partial charge in [-0.3, -0.25) is 15.1 Å². The predicted octanol–water partition coefficient (Wildman–Crippen LogP) is 1.76. The monoisotopic (exact) mass is 282 g/mol. The van der Waals surface area contributed by atoms with Crippen LogP contribution < -0.4 is 11.3 Å². The van der Waals surface area contributed by atoms with Crippen molar-refractivity contribution in [2.24, 2.45) is 11.3 Å². The van der Waals surface area contributed by atoms with Crippen molar-refractivity contribution in [1.82, 2.24) is 15.3 Å². The zero-order chi connectivity index (χ0) is 13.9. The van der Waals surface area contributed by atoms with Crippen LogP contribution in [0, 0.1) is 5.41 Å². The molecule has 0 saturated carbocycles. The maximum Gasteiger partial charge on any atom is 0.294 e. The molecule has 1 aliphatic rings. The second-order valence-electron chi connectivity index (χ2n) is 5.29. The summed E-state index contributed by atoms with van der Waals surface area (Å²) in [5.41, 5.74) is 3.56. The Bertz CT molecular complexity index is 442. The van der Waals surface area contributed by atoms with Crippen LogP contribution in [-0.4, -0.2) is 28.9 Å². The number of rotatable bonds is 5. The van der Waals surface area contributed by atoms with Crippen LogP contribution in [0.2, 0.25) is 0 Å². The molecule has 1 saturated heterocycles. The zero-order valence-electron chi connectivity index (χ0n) is 11.6. The van der Waals surface area contributed by atoms with Crippen LogP contribution in [-0.2, 0) is 6.54 Å². The summed E-state index contributed by atoms with van der Waals surface area (Å²) in [7, 11) is 0. The third-order valence-electron chi connectivity index (χ3n) is 4.28. The van der Waals surface area contributed by atoms with Crippen molar-refractivity contribution >= 4 is 17.2 Å². The summed E-state index contributed by atoms with van der Waals surface area (Å²) in [5, 5.41) is 2.39. The molecular formula is C13H22N4OS. The molecule has 1 fully saturated rings. The SMILES string of the molecule is CCC1(CC)CCN(Cc2csc(C(=O)NN)n2)C1. The van der Waals surface area contributed by atoms with Crippen molar-refractivity contribution in [3.8, 4) is 0 Å². The van der Waals surface area contributed by atoms with Gasteiger partial charge in [0.25, 0.3) is 5.91 Å². The minimum atomic E-state index is -0.311. The standard InChI is InChI=1S/C13H22N4OS/c1-3-13(4-2)5-6-17(9-13)7-10-8-19-12(15-10)11(18)16-14/h8H,3-7,9,14H2,1-2H3,(H,16,18). The quantitative estimate of drug-likeness (QED) is 0.490. The largest absolute Gasteiger partial charge is 0.297 e. The lowest BCUT2D eigenvalue weighted by Crippen LogP contribution is -2.30. The zero-order valence-corrected chi connectivity index (χ0v) is 12.4. The Kier molecular flexibility index (Phi) is 4.54.